The van der Waals surface area contributed by atoms with Crippen LogP contribution in [0.1, 0.15) is 17.5 Å². The van der Waals surface area contributed by atoms with E-state index in [4.69, 9.17) is 33.2 Å². The van der Waals surface area contributed by atoms with Gasteiger partial charge >= 0.3 is 19.7 Å². The van der Waals surface area contributed by atoms with Gasteiger partial charge in [-0.3, -0.25) is 4.57 Å². The van der Waals surface area contributed by atoms with Gasteiger partial charge in [-0.25, -0.2) is 9.59 Å². The van der Waals surface area contributed by atoms with Crippen LogP contribution in [0.2, 0.25) is 0 Å². The summed E-state index contributed by atoms with van der Waals surface area (Å²) in [6.45, 7) is -0.000872. The van der Waals surface area contributed by atoms with E-state index in [1.54, 1.807) is 48.5 Å². The Morgan fingerprint density at radius 3 is 1.87 bits per heavy atom. The number of halogens is 2. The first-order valence-corrected chi connectivity index (χ1v) is 11.2. The van der Waals surface area contributed by atoms with Crippen LogP contribution in [0.5, 0.6) is 0 Å². The largest absolute Gasteiger partial charge is 0.459 e. The summed E-state index contributed by atoms with van der Waals surface area (Å²) in [4.78, 5) is 24.6. The van der Waals surface area contributed by atoms with Gasteiger partial charge in [0, 0.05) is 0 Å². The van der Waals surface area contributed by atoms with Crippen molar-refractivity contribution >= 4 is 43.4 Å². The topological polar surface area (TPSA) is 100 Å². The minimum absolute atomic E-state index is 0.00648. The normalized spacial score (nSPS) is 12.1. The molecule has 0 aromatic heterocycles. The van der Waals surface area contributed by atoms with Crippen LogP contribution in [0, 0.1) is 0 Å². The van der Waals surface area contributed by atoms with E-state index in [0.717, 1.165) is 11.1 Å². The van der Waals surface area contributed by atoms with E-state index < -0.39 is 25.7 Å². The van der Waals surface area contributed by atoms with Gasteiger partial charge in [-0.05, 0) is 17.5 Å². The van der Waals surface area contributed by atoms with E-state index in [1.165, 1.54) is 0 Å². The number of amides is 1. The van der Waals surface area contributed by atoms with Crippen molar-refractivity contribution in [3.05, 3.63) is 71.8 Å². The standard InChI is InChI=1S/C19H20Cl2NO7P/c20-28-30(25,29-21)12-11-17(18(23)26-13-15-7-3-1-4-8-15)22-19(24)27-14-16-9-5-2-6-10-16/h1-10,17H,11-14H2,(H,22,24). The first kappa shape index (κ1) is 24.2. The molecule has 0 radical (unpaired) electrons. The molecule has 8 nitrogen and oxygen atoms in total. The lowest BCUT2D eigenvalue weighted by Crippen LogP contribution is -2.42. The van der Waals surface area contributed by atoms with Crippen LogP contribution in [0.15, 0.2) is 60.7 Å². The van der Waals surface area contributed by atoms with Gasteiger partial charge < -0.3 is 14.8 Å². The third-order valence-corrected chi connectivity index (χ3v) is 6.40. The van der Waals surface area contributed by atoms with Crippen LogP contribution in [0.25, 0.3) is 0 Å². The van der Waals surface area contributed by atoms with Gasteiger partial charge in [0.25, 0.3) is 0 Å². The molecule has 30 heavy (non-hydrogen) atoms. The van der Waals surface area contributed by atoms with E-state index in [9.17, 15) is 14.2 Å². The molecule has 0 bridgehead atoms. The van der Waals surface area contributed by atoms with Gasteiger partial charge in [0.1, 0.15) is 19.3 Å². The van der Waals surface area contributed by atoms with Crippen LogP contribution < -0.4 is 5.32 Å². The Hall–Kier alpha value is -2.09. The van der Waals surface area contributed by atoms with Crippen LogP contribution >= 0.6 is 31.3 Å². The average molecular weight is 476 g/mol. The molecule has 0 aliphatic rings. The third-order valence-electron chi connectivity index (χ3n) is 3.92. The van der Waals surface area contributed by atoms with Gasteiger partial charge in [-0.2, -0.15) is 8.15 Å². The molecule has 2 rings (SSSR count). The molecule has 162 valence electrons. The Kier molecular flexibility index (Phi) is 10.1. The van der Waals surface area contributed by atoms with Crippen molar-refractivity contribution in [2.24, 2.45) is 0 Å². The molecule has 0 saturated heterocycles. The van der Waals surface area contributed by atoms with E-state index in [0.29, 0.717) is 0 Å². The Bertz CT molecular complexity index is 846. The summed E-state index contributed by atoms with van der Waals surface area (Å²) < 4.78 is 30.9. The lowest BCUT2D eigenvalue weighted by atomic mass is 10.2. The van der Waals surface area contributed by atoms with Crippen LogP contribution in [0.3, 0.4) is 0 Å². The van der Waals surface area contributed by atoms with Gasteiger partial charge in [0.05, 0.1) is 29.9 Å². The van der Waals surface area contributed by atoms with Crippen LogP contribution in [-0.2, 0) is 40.2 Å². The molecular formula is C19H20Cl2NO7P. The molecule has 0 saturated carbocycles. The summed E-state index contributed by atoms with van der Waals surface area (Å²) in [6, 6.07) is 16.8. The van der Waals surface area contributed by atoms with Crippen molar-refractivity contribution in [2.45, 2.75) is 25.7 Å². The fraction of sp³-hybridized carbons (Fsp3) is 0.263. The van der Waals surface area contributed by atoms with Gasteiger partial charge in [0.2, 0.25) is 0 Å². The lowest BCUT2D eigenvalue weighted by Gasteiger charge is -2.19. The Balaban J connectivity index is 1.97. The van der Waals surface area contributed by atoms with Gasteiger partial charge in [-0.15, -0.1) is 0 Å². The molecule has 0 spiro atoms. The second-order valence-electron chi connectivity index (χ2n) is 6.11. The second kappa shape index (κ2) is 12.6. The maximum Gasteiger partial charge on any atom is 0.408 e. The Morgan fingerprint density at radius 2 is 1.37 bits per heavy atom. The molecule has 1 amide bonds. The summed E-state index contributed by atoms with van der Waals surface area (Å²) in [7, 11) is -3.83. The highest BCUT2D eigenvalue weighted by molar-refractivity contribution is 7.55. The summed E-state index contributed by atoms with van der Waals surface area (Å²) >= 11 is 10.3. The fourth-order valence-corrected chi connectivity index (χ4v) is 3.76. The molecule has 1 unspecified atom stereocenters. The quantitative estimate of drug-likeness (QED) is 0.362. The van der Waals surface area contributed by atoms with Crippen molar-refractivity contribution in [3.63, 3.8) is 0 Å². The number of ether oxygens (including phenoxy) is 2. The summed E-state index contributed by atoms with van der Waals surface area (Å²) in [6.07, 6.45) is -1.37. The summed E-state index contributed by atoms with van der Waals surface area (Å²) in [5.41, 5.74) is 1.53. The highest BCUT2D eigenvalue weighted by Crippen LogP contribution is 2.51. The first-order valence-electron chi connectivity index (χ1n) is 8.83. The number of rotatable bonds is 11. The molecule has 0 fully saturated rings. The number of carbonyl (C=O) groups is 2. The number of hydrogen-bond acceptors (Lipinski definition) is 7. The van der Waals surface area contributed by atoms with Crippen molar-refractivity contribution in [2.75, 3.05) is 6.16 Å². The molecule has 0 heterocycles. The Morgan fingerprint density at radius 1 is 0.867 bits per heavy atom. The zero-order valence-electron chi connectivity index (χ0n) is 15.7. The minimum Gasteiger partial charge on any atom is -0.459 e. The molecule has 2 aromatic carbocycles. The zero-order valence-corrected chi connectivity index (χ0v) is 18.1. The van der Waals surface area contributed by atoms with E-state index in [1.807, 2.05) is 12.1 Å². The lowest BCUT2D eigenvalue weighted by molar-refractivity contribution is -0.147. The number of hydrogen-bond donors (Lipinski definition) is 1. The summed E-state index contributed by atoms with van der Waals surface area (Å²) in [5, 5.41) is 2.39. The maximum atomic E-state index is 12.5. The zero-order chi connectivity index (χ0) is 21.8. The van der Waals surface area contributed by atoms with Crippen molar-refractivity contribution < 1.29 is 31.8 Å². The monoisotopic (exact) mass is 475 g/mol. The highest BCUT2D eigenvalue weighted by Gasteiger charge is 2.31. The van der Waals surface area contributed by atoms with Crippen LogP contribution in [0.4, 0.5) is 4.79 Å². The molecular weight excluding hydrogens is 456 g/mol. The minimum atomic E-state index is -3.83. The highest BCUT2D eigenvalue weighted by atomic mass is 35.5. The van der Waals surface area contributed by atoms with E-state index >= 15 is 0 Å². The predicted octanol–water partition coefficient (Wildman–Crippen LogP) is 4.95. The molecule has 0 aliphatic carbocycles. The van der Waals surface area contributed by atoms with Gasteiger partial charge in [0.15, 0.2) is 0 Å². The van der Waals surface area contributed by atoms with Crippen molar-refractivity contribution in [3.8, 4) is 0 Å². The first-order chi connectivity index (χ1) is 14.5. The smallest absolute Gasteiger partial charge is 0.408 e. The molecule has 1 N–H and O–H groups in total. The Labute approximate surface area is 184 Å². The van der Waals surface area contributed by atoms with E-state index in [2.05, 4.69) is 13.5 Å². The number of nitrogens with one attached hydrogen (secondary N) is 1. The number of benzene rings is 2. The third kappa shape index (κ3) is 8.34. The molecule has 1 atom stereocenters. The summed E-state index contributed by atoms with van der Waals surface area (Å²) in [5.74, 6) is -0.758. The number of alkyl carbamates (subject to hydrolysis) is 1. The predicted molar refractivity (Wildman–Crippen MR) is 111 cm³/mol. The van der Waals surface area contributed by atoms with Gasteiger partial charge in [-0.1, -0.05) is 60.7 Å². The maximum absolute atomic E-state index is 12.5. The molecule has 11 heteroatoms. The van der Waals surface area contributed by atoms with Crippen LogP contribution in [-0.4, -0.2) is 24.3 Å². The SMILES string of the molecule is O=C(NC(CCP(=O)(OCl)OCl)C(=O)OCc1ccccc1)OCc1ccccc1. The average Bonchev–Trinajstić information content (AvgIpc) is 2.80. The number of esters is 1. The van der Waals surface area contributed by atoms with Crippen molar-refractivity contribution in [1.82, 2.24) is 5.32 Å². The van der Waals surface area contributed by atoms with E-state index in [-0.39, 0.29) is 25.8 Å². The molecule has 2 aromatic rings. The van der Waals surface area contributed by atoms with Crippen molar-refractivity contribution in [1.29, 1.82) is 0 Å². The fourth-order valence-electron chi connectivity index (χ4n) is 2.35. The molecule has 0 aliphatic heterocycles. The second-order valence-corrected chi connectivity index (χ2v) is 8.89. The number of carbonyl (C=O) groups excluding carboxylic acids is 2.